The lowest BCUT2D eigenvalue weighted by molar-refractivity contribution is 0.376. The van der Waals surface area contributed by atoms with Crippen molar-refractivity contribution in [2.45, 2.75) is 40.5 Å². The Morgan fingerprint density at radius 3 is 2.46 bits per heavy atom. The molecule has 0 aliphatic rings. The highest BCUT2D eigenvalue weighted by Gasteiger charge is 2.10. The van der Waals surface area contributed by atoms with Crippen LogP contribution in [0.25, 0.3) is 0 Å². The molecule has 0 radical (unpaired) electrons. The van der Waals surface area contributed by atoms with Crippen molar-refractivity contribution < 1.29 is 0 Å². The Balaban J connectivity index is 2.55. The molecule has 1 rings (SSSR count). The molecule has 0 bridgehead atoms. The zero-order valence-corrected chi connectivity index (χ0v) is 8.96. The van der Waals surface area contributed by atoms with Crippen LogP contribution in [0.2, 0.25) is 0 Å². The zero-order valence-electron chi connectivity index (χ0n) is 8.96. The molecule has 0 spiro atoms. The summed E-state index contributed by atoms with van der Waals surface area (Å²) in [4.78, 5) is 8.54. The Labute approximate surface area is 80.4 Å². The fourth-order valence-electron chi connectivity index (χ4n) is 1.14. The van der Waals surface area contributed by atoms with Crippen LogP contribution in [-0.4, -0.2) is 9.97 Å². The Morgan fingerprint density at radius 1 is 1.23 bits per heavy atom. The van der Waals surface area contributed by atoms with Crippen LogP contribution in [0.1, 0.15) is 38.6 Å². The van der Waals surface area contributed by atoms with Crippen molar-refractivity contribution in [3.8, 4) is 0 Å². The monoisotopic (exact) mass is 178 g/mol. The van der Waals surface area contributed by atoms with Gasteiger partial charge in [0.15, 0.2) is 0 Å². The van der Waals surface area contributed by atoms with Crippen LogP contribution in [0.3, 0.4) is 0 Å². The molecule has 1 heterocycles. The first-order valence-corrected chi connectivity index (χ1v) is 4.75. The summed E-state index contributed by atoms with van der Waals surface area (Å²) in [7, 11) is 0. The van der Waals surface area contributed by atoms with Crippen molar-refractivity contribution in [3.05, 3.63) is 23.8 Å². The van der Waals surface area contributed by atoms with Gasteiger partial charge in [0.2, 0.25) is 0 Å². The zero-order chi connectivity index (χ0) is 9.90. The van der Waals surface area contributed by atoms with Gasteiger partial charge < -0.3 is 0 Å². The molecule has 0 saturated heterocycles. The average molecular weight is 178 g/mol. The van der Waals surface area contributed by atoms with E-state index in [1.807, 2.05) is 13.1 Å². The molecule has 0 N–H and O–H groups in total. The quantitative estimate of drug-likeness (QED) is 0.696. The predicted octanol–water partition coefficient (Wildman–Crippen LogP) is 2.76. The summed E-state index contributed by atoms with van der Waals surface area (Å²) < 4.78 is 0. The van der Waals surface area contributed by atoms with E-state index in [4.69, 9.17) is 0 Å². The molecule has 0 aromatic carbocycles. The third-order valence-electron chi connectivity index (χ3n) is 1.94. The van der Waals surface area contributed by atoms with Crippen molar-refractivity contribution in [2.24, 2.45) is 5.41 Å². The Kier molecular flexibility index (Phi) is 3.02. The number of aryl methyl sites for hydroxylation is 2. The molecule has 72 valence electrons. The second kappa shape index (κ2) is 3.86. The molecule has 0 aliphatic carbocycles. The molecule has 2 heteroatoms. The van der Waals surface area contributed by atoms with Gasteiger partial charge in [-0.05, 0) is 25.2 Å². The molecular weight excluding hydrogens is 160 g/mol. The second-order valence-electron chi connectivity index (χ2n) is 4.71. The summed E-state index contributed by atoms with van der Waals surface area (Å²) >= 11 is 0. The van der Waals surface area contributed by atoms with E-state index >= 15 is 0 Å². The summed E-state index contributed by atoms with van der Waals surface area (Å²) in [5.74, 6) is 0. The molecule has 0 amide bonds. The molecule has 1 aromatic heterocycles. The van der Waals surface area contributed by atoms with E-state index in [-0.39, 0.29) is 0 Å². The number of nitrogens with zero attached hydrogens (tertiary/aromatic N) is 2. The van der Waals surface area contributed by atoms with Crippen LogP contribution in [0, 0.1) is 12.3 Å². The van der Waals surface area contributed by atoms with Crippen molar-refractivity contribution in [1.82, 2.24) is 9.97 Å². The van der Waals surface area contributed by atoms with Gasteiger partial charge in [0.1, 0.15) is 0 Å². The van der Waals surface area contributed by atoms with Crippen molar-refractivity contribution >= 4 is 0 Å². The number of hydrogen-bond donors (Lipinski definition) is 0. The maximum atomic E-state index is 4.41. The largest absolute Gasteiger partial charge is 0.261 e. The Hall–Kier alpha value is -0.920. The minimum absolute atomic E-state index is 0.380. The summed E-state index contributed by atoms with van der Waals surface area (Å²) in [6, 6.07) is 0. The highest BCUT2D eigenvalue weighted by molar-refractivity contribution is 5.01. The summed E-state index contributed by atoms with van der Waals surface area (Å²) in [5, 5.41) is 0. The molecule has 0 atom stereocenters. The van der Waals surface area contributed by atoms with Crippen LogP contribution in [0.4, 0.5) is 0 Å². The van der Waals surface area contributed by atoms with Gasteiger partial charge in [-0.15, -0.1) is 0 Å². The van der Waals surface area contributed by atoms with E-state index in [9.17, 15) is 0 Å². The molecule has 0 aliphatic heterocycles. The second-order valence-corrected chi connectivity index (χ2v) is 4.71. The van der Waals surface area contributed by atoms with Crippen molar-refractivity contribution in [3.63, 3.8) is 0 Å². The highest BCUT2D eigenvalue weighted by Crippen LogP contribution is 2.20. The molecule has 0 saturated carbocycles. The molecule has 0 fully saturated rings. The molecule has 0 unspecified atom stereocenters. The van der Waals surface area contributed by atoms with Gasteiger partial charge >= 0.3 is 0 Å². The SMILES string of the molecule is Cc1cncc(CCC(C)(C)C)n1. The molecule has 13 heavy (non-hydrogen) atoms. The third kappa shape index (κ3) is 4.02. The van der Waals surface area contributed by atoms with Crippen LogP contribution in [0.15, 0.2) is 12.4 Å². The van der Waals surface area contributed by atoms with Gasteiger partial charge in [0, 0.05) is 12.4 Å². The number of rotatable bonds is 2. The van der Waals surface area contributed by atoms with E-state index < -0.39 is 0 Å². The first kappa shape index (κ1) is 10.2. The Bertz CT molecular complexity index is 274. The van der Waals surface area contributed by atoms with Gasteiger partial charge in [0.05, 0.1) is 11.4 Å². The van der Waals surface area contributed by atoms with Crippen LogP contribution >= 0.6 is 0 Å². The first-order chi connectivity index (χ1) is 5.97. The van der Waals surface area contributed by atoms with Gasteiger partial charge in [-0.2, -0.15) is 0 Å². The maximum Gasteiger partial charge on any atom is 0.0590 e. The standard InChI is InChI=1S/C11H18N2/c1-9-7-12-8-10(13-9)5-6-11(2,3)4/h7-8H,5-6H2,1-4H3. The number of hydrogen-bond acceptors (Lipinski definition) is 2. The lowest BCUT2D eigenvalue weighted by Crippen LogP contribution is -2.07. The molecule has 2 nitrogen and oxygen atoms in total. The first-order valence-electron chi connectivity index (χ1n) is 4.75. The summed E-state index contributed by atoms with van der Waals surface area (Å²) in [5.41, 5.74) is 2.49. The summed E-state index contributed by atoms with van der Waals surface area (Å²) in [6.45, 7) is 8.72. The lowest BCUT2D eigenvalue weighted by Gasteiger charge is -2.17. The lowest BCUT2D eigenvalue weighted by atomic mass is 9.90. The summed E-state index contributed by atoms with van der Waals surface area (Å²) in [6.07, 6.45) is 5.84. The van der Waals surface area contributed by atoms with Crippen LogP contribution < -0.4 is 0 Å². The van der Waals surface area contributed by atoms with E-state index in [0.29, 0.717) is 5.41 Å². The predicted molar refractivity (Wildman–Crippen MR) is 54.5 cm³/mol. The topological polar surface area (TPSA) is 25.8 Å². The minimum atomic E-state index is 0.380. The van der Waals surface area contributed by atoms with Gasteiger partial charge in [-0.3, -0.25) is 9.97 Å². The van der Waals surface area contributed by atoms with E-state index in [0.717, 1.165) is 24.2 Å². The third-order valence-corrected chi connectivity index (χ3v) is 1.94. The van der Waals surface area contributed by atoms with Crippen molar-refractivity contribution in [1.29, 1.82) is 0 Å². The van der Waals surface area contributed by atoms with Crippen LogP contribution in [0.5, 0.6) is 0 Å². The van der Waals surface area contributed by atoms with E-state index in [2.05, 4.69) is 30.7 Å². The van der Waals surface area contributed by atoms with Gasteiger partial charge in [-0.1, -0.05) is 20.8 Å². The molecule has 1 aromatic rings. The Morgan fingerprint density at radius 2 is 1.92 bits per heavy atom. The normalized spacial score (nSPS) is 11.7. The fraction of sp³-hybridized carbons (Fsp3) is 0.636. The van der Waals surface area contributed by atoms with Gasteiger partial charge in [-0.25, -0.2) is 0 Å². The molecular formula is C11H18N2. The number of aromatic nitrogens is 2. The average Bonchev–Trinajstić information content (AvgIpc) is 2.00. The highest BCUT2D eigenvalue weighted by atomic mass is 14.8. The maximum absolute atomic E-state index is 4.41. The van der Waals surface area contributed by atoms with Crippen molar-refractivity contribution in [2.75, 3.05) is 0 Å². The fourth-order valence-corrected chi connectivity index (χ4v) is 1.14. The van der Waals surface area contributed by atoms with E-state index in [1.54, 1.807) is 6.20 Å². The smallest absolute Gasteiger partial charge is 0.0590 e. The minimum Gasteiger partial charge on any atom is -0.261 e. The van der Waals surface area contributed by atoms with E-state index in [1.165, 1.54) is 0 Å². The van der Waals surface area contributed by atoms with Gasteiger partial charge in [0.25, 0.3) is 0 Å². The van der Waals surface area contributed by atoms with Crippen LogP contribution in [-0.2, 0) is 6.42 Å².